The zero-order chi connectivity index (χ0) is 21.7. The Labute approximate surface area is 180 Å². The molecule has 4 heteroatoms. The lowest BCUT2D eigenvalue weighted by molar-refractivity contribution is -0.131. The molecule has 1 saturated carbocycles. The maximum Gasteiger partial charge on any atom is 0.223 e. The summed E-state index contributed by atoms with van der Waals surface area (Å²) in [6.45, 7) is 8.21. The Morgan fingerprint density at radius 1 is 0.700 bits per heavy atom. The number of hydrogen-bond donors (Lipinski definition) is 2. The van der Waals surface area contributed by atoms with E-state index in [0.29, 0.717) is 0 Å². The molecule has 2 N–H and O–H groups in total. The molecule has 0 heterocycles. The summed E-state index contributed by atoms with van der Waals surface area (Å²) in [4.78, 5) is 25.5. The van der Waals surface area contributed by atoms with E-state index < -0.39 is 0 Å². The third kappa shape index (κ3) is 5.29. The Hall–Kier alpha value is -2.62. The Morgan fingerprint density at radius 2 is 1.03 bits per heavy atom. The molecule has 2 aromatic carbocycles. The summed E-state index contributed by atoms with van der Waals surface area (Å²) < 4.78 is 0. The third-order valence-corrected chi connectivity index (χ3v) is 6.50. The van der Waals surface area contributed by atoms with Gasteiger partial charge in [-0.1, -0.05) is 48.5 Å². The molecule has 0 spiro atoms. The molecule has 0 radical (unpaired) electrons. The molecule has 4 nitrogen and oxygen atoms in total. The van der Waals surface area contributed by atoms with Gasteiger partial charge in [-0.05, 0) is 75.6 Å². The minimum absolute atomic E-state index is 0.00492. The van der Waals surface area contributed by atoms with Crippen molar-refractivity contribution in [2.45, 2.75) is 65.5 Å². The van der Waals surface area contributed by atoms with Crippen LogP contribution in [0.15, 0.2) is 48.5 Å². The molecular formula is C26H34N2O2. The van der Waals surface area contributed by atoms with Crippen molar-refractivity contribution in [2.24, 2.45) is 11.8 Å². The van der Waals surface area contributed by atoms with Crippen molar-refractivity contribution >= 4 is 11.8 Å². The maximum absolute atomic E-state index is 12.8. The second-order valence-electron chi connectivity index (χ2n) is 8.72. The van der Waals surface area contributed by atoms with E-state index in [0.717, 1.165) is 36.8 Å². The summed E-state index contributed by atoms with van der Waals surface area (Å²) in [5.74, 6) is 0.208. The highest BCUT2D eigenvalue weighted by atomic mass is 16.2. The quantitative estimate of drug-likeness (QED) is 0.696. The second-order valence-corrected chi connectivity index (χ2v) is 8.72. The summed E-state index contributed by atoms with van der Waals surface area (Å²) in [7, 11) is 0. The van der Waals surface area contributed by atoms with Gasteiger partial charge in [0.25, 0.3) is 0 Å². The van der Waals surface area contributed by atoms with Crippen LogP contribution in [-0.2, 0) is 9.59 Å². The van der Waals surface area contributed by atoms with E-state index in [1.54, 1.807) is 0 Å². The van der Waals surface area contributed by atoms with Crippen molar-refractivity contribution in [3.8, 4) is 0 Å². The fourth-order valence-electron chi connectivity index (χ4n) is 4.58. The van der Waals surface area contributed by atoms with E-state index in [-0.39, 0.29) is 35.7 Å². The minimum atomic E-state index is -0.00527. The van der Waals surface area contributed by atoms with Gasteiger partial charge < -0.3 is 10.6 Å². The van der Waals surface area contributed by atoms with Crippen LogP contribution in [0, 0.1) is 25.7 Å². The Bertz CT molecular complexity index is 811. The van der Waals surface area contributed by atoms with Gasteiger partial charge in [-0.2, -0.15) is 0 Å². The van der Waals surface area contributed by atoms with Crippen LogP contribution >= 0.6 is 0 Å². The molecule has 0 saturated heterocycles. The normalized spacial score (nSPS) is 20.8. The molecule has 2 aromatic rings. The zero-order valence-electron chi connectivity index (χ0n) is 18.6. The zero-order valence-corrected chi connectivity index (χ0v) is 18.6. The van der Waals surface area contributed by atoms with Gasteiger partial charge in [-0.15, -0.1) is 0 Å². The average Bonchev–Trinajstić information content (AvgIpc) is 2.74. The van der Waals surface area contributed by atoms with Crippen molar-refractivity contribution < 1.29 is 9.59 Å². The van der Waals surface area contributed by atoms with Crippen LogP contribution in [0.1, 0.15) is 73.9 Å². The van der Waals surface area contributed by atoms with Crippen LogP contribution in [0.3, 0.4) is 0 Å². The lowest BCUT2D eigenvalue weighted by Gasteiger charge is -2.29. The van der Waals surface area contributed by atoms with Crippen molar-refractivity contribution in [1.82, 2.24) is 10.6 Å². The number of benzene rings is 2. The van der Waals surface area contributed by atoms with Crippen LogP contribution in [0.2, 0.25) is 0 Å². The smallest absolute Gasteiger partial charge is 0.223 e. The van der Waals surface area contributed by atoms with Gasteiger partial charge >= 0.3 is 0 Å². The number of rotatable bonds is 6. The number of amides is 2. The predicted octanol–water partition coefficient (Wildman–Crippen LogP) is 5.16. The first-order chi connectivity index (χ1) is 14.4. The molecule has 0 unspecified atom stereocenters. The molecule has 1 aliphatic rings. The van der Waals surface area contributed by atoms with E-state index in [1.807, 2.05) is 38.1 Å². The highest BCUT2D eigenvalue weighted by Gasteiger charge is 2.31. The van der Waals surface area contributed by atoms with E-state index in [2.05, 4.69) is 48.7 Å². The van der Waals surface area contributed by atoms with Gasteiger partial charge in [-0.3, -0.25) is 9.59 Å². The molecule has 2 amide bonds. The first kappa shape index (κ1) is 22.1. The largest absolute Gasteiger partial charge is 0.349 e. The van der Waals surface area contributed by atoms with Crippen LogP contribution in [0.5, 0.6) is 0 Å². The van der Waals surface area contributed by atoms with Crippen molar-refractivity contribution in [1.29, 1.82) is 0 Å². The Morgan fingerprint density at radius 3 is 1.37 bits per heavy atom. The predicted molar refractivity (Wildman–Crippen MR) is 121 cm³/mol. The number of carbonyl (C=O) groups is 2. The molecule has 160 valence electrons. The van der Waals surface area contributed by atoms with E-state index in [4.69, 9.17) is 0 Å². The van der Waals surface area contributed by atoms with E-state index in [9.17, 15) is 9.59 Å². The topological polar surface area (TPSA) is 58.2 Å². The highest BCUT2D eigenvalue weighted by Crippen LogP contribution is 2.30. The molecule has 1 aliphatic carbocycles. The average molecular weight is 407 g/mol. The summed E-state index contributed by atoms with van der Waals surface area (Å²) in [6, 6.07) is 16.3. The van der Waals surface area contributed by atoms with E-state index >= 15 is 0 Å². The summed E-state index contributed by atoms with van der Waals surface area (Å²) in [5, 5.41) is 6.34. The maximum atomic E-state index is 12.8. The number of aryl methyl sites for hydroxylation is 2. The number of carbonyl (C=O) groups excluding carboxylic acids is 2. The molecule has 1 fully saturated rings. The standard InChI is InChI=1S/C26H34N2O2/c1-17-9-5-7-11-23(17)19(3)27-25(29)21-13-15-22(16-14-21)26(30)28-20(4)24-12-8-6-10-18(24)2/h5-12,19-22H,13-16H2,1-4H3,(H,27,29)(H,28,30)/t19-,20+,21?,22?. The first-order valence-electron chi connectivity index (χ1n) is 11.1. The fourth-order valence-corrected chi connectivity index (χ4v) is 4.58. The monoisotopic (exact) mass is 406 g/mol. The van der Waals surface area contributed by atoms with Gasteiger partial charge in [-0.25, -0.2) is 0 Å². The second kappa shape index (κ2) is 9.92. The van der Waals surface area contributed by atoms with Crippen molar-refractivity contribution in [3.63, 3.8) is 0 Å². The molecule has 0 aliphatic heterocycles. The molecule has 2 atom stereocenters. The van der Waals surface area contributed by atoms with E-state index in [1.165, 1.54) is 11.1 Å². The number of nitrogens with one attached hydrogen (secondary N) is 2. The van der Waals surface area contributed by atoms with Crippen LogP contribution in [-0.4, -0.2) is 11.8 Å². The molecule has 30 heavy (non-hydrogen) atoms. The minimum Gasteiger partial charge on any atom is -0.349 e. The van der Waals surface area contributed by atoms with Crippen molar-refractivity contribution in [2.75, 3.05) is 0 Å². The SMILES string of the molecule is Cc1ccccc1[C@H](C)NC(=O)C1CCC(C(=O)N[C@H](C)c2ccccc2C)CC1. The molecule has 0 bridgehead atoms. The fraction of sp³-hybridized carbons (Fsp3) is 0.462. The Balaban J connectivity index is 1.49. The Kier molecular flexibility index (Phi) is 7.30. The van der Waals surface area contributed by atoms with Gasteiger partial charge in [0.2, 0.25) is 11.8 Å². The van der Waals surface area contributed by atoms with Crippen LogP contribution in [0.4, 0.5) is 0 Å². The van der Waals surface area contributed by atoms with Gasteiger partial charge in [0, 0.05) is 11.8 Å². The summed E-state index contributed by atoms with van der Waals surface area (Å²) in [5.41, 5.74) is 4.69. The van der Waals surface area contributed by atoms with Crippen molar-refractivity contribution in [3.05, 3.63) is 70.8 Å². The van der Waals surface area contributed by atoms with Crippen LogP contribution in [0.25, 0.3) is 0 Å². The molecule has 3 rings (SSSR count). The van der Waals surface area contributed by atoms with Gasteiger partial charge in [0.1, 0.15) is 0 Å². The van der Waals surface area contributed by atoms with Crippen LogP contribution < -0.4 is 10.6 Å². The summed E-state index contributed by atoms with van der Waals surface area (Å²) in [6.07, 6.45) is 3.07. The third-order valence-electron chi connectivity index (χ3n) is 6.50. The van der Waals surface area contributed by atoms with Gasteiger partial charge in [0.15, 0.2) is 0 Å². The van der Waals surface area contributed by atoms with Gasteiger partial charge in [0.05, 0.1) is 12.1 Å². The summed E-state index contributed by atoms with van der Waals surface area (Å²) >= 11 is 0. The number of hydrogen-bond acceptors (Lipinski definition) is 2. The highest BCUT2D eigenvalue weighted by molar-refractivity contribution is 5.81. The lowest BCUT2D eigenvalue weighted by atomic mass is 9.80. The lowest BCUT2D eigenvalue weighted by Crippen LogP contribution is -2.39. The molecule has 0 aromatic heterocycles. The molecular weight excluding hydrogens is 372 g/mol. The first-order valence-corrected chi connectivity index (χ1v) is 11.1.